The number of para-hydroxylation sites is 1. The van der Waals surface area contributed by atoms with Crippen LogP contribution in [-0.2, 0) is 12.8 Å². The topological polar surface area (TPSA) is 58.1 Å². The maximum atomic E-state index is 12.9. The minimum absolute atomic E-state index is 0.143. The molecule has 1 saturated carbocycles. The molecule has 0 saturated heterocycles. The van der Waals surface area contributed by atoms with Crippen molar-refractivity contribution in [1.29, 1.82) is 0 Å². The molecule has 28 heavy (non-hydrogen) atoms. The van der Waals surface area contributed by atoms with Crippen LogP contribution in [0.5, 0.6) is 0 Å². The molecule has 5 heteroatoms. The SMILES string of the molecule is O=C(Nc1ccc2c(c1)CCN(C1CCC1)CC2)c1cccc2nccnc12. The Morgan fingerprint density at radius 3 is 2.64 bits per heavy atom. The second-order valence-electron chi connectivity index (χ2n) is 7.79. The lowest BCUT2D eigenvalue weighted by molar-refractivity contribution is 0.102. The number of nitrogens with zero attached hydrogens (tertiary/aromatic N) is 3. The van der Waals surface area contributed by atoms with E-state index in [4.69, 9.17) is 0 Å². The third-order valence-electron chi connectivity index (χ3n) is 6.14. The number of hydrogen-bond acceptors (Lipinski definition) is 4. The van der Waals surface area contributed by atoms with Gasteiger partial charge in [-0.25, -0.2) is 0 Å². The van der Waals surface area contributed by atoms with Crippen LogP contribution in [-0.4, -0.2) is 39.9 Å². The predicted molar refractivity (Wildman–Crippen MR) is 111 cm³/mol. The van der Waals surface area contributed by atoms with E-state index in [0.29, 0.717) is 11.1 Å². The number of anilines is 1. The molecule has 2 heterocycles. The van der Waals surface area contributed by atoms with Crippen molar-refractivity contribution in [2.24, 2.45) is 0 Å². The summed E-state index contributed by atoms with van der Waals surface area (Å²) in [5.74, 6) is -0.143. The quantitative estimate of drug-likeness (QED) is 0.759. The molecule has 1 N–H and O–H groups in total. The summed E-state index contributed by atoms with van der Waals surface area (Å²) in [7, 11) is 0. The van der Waals surface area contributed by atoms with Crippen LogP contribution in [0.3, 0.4) is 0 Å². The molecule has 0 radical (unpaired) electrons. The number of carbonyl (C=O) groups is 1. The fraction of sp³-hybridized carbons (Fsp3) is 0.348. The summed E-state index contributed by atoms with van der Waals surface area (Å²) < 4.78 is 0. The van der Waals surface area contributed by atoms with E-state index in [9.17, 15) is 4.79 Å². The zero-order valence-electron chi connectivity index (χ0n) is 15.9. The fourth-order valence-corrected chi connectivity index (χ4v) is 4.31. The minimum Gasteiger partial charge on any atom is -0.322 e. The lowest BCUT2D eigenvalue weighted by Gasteiger charge is -2.36. The lowest BCUT2D eigenvalue weighted by Crippen LogP contribution is -2.41. The first-order chi connectivity index (χ1) is 13.8. The van der Waals surface area contributed by atoms with Crippen molar-refractivity contribution in [2.75, 3.05) is 18.4 Å². The number of benzene rings is 2. The monoisotopic (exact) mass is 372 g/mol. The molecule has 0 unspecified atom stereocenters. The Morgan fingerprint density at radius 1 is 1.00 bits per heavy atom. The number of hydrogen-bond donors (Lipinski definition) is 1. The van der Waals surface area contributed by atoms with E-state index >= 15 is 0 Å². The second-order valence-corrected chi connectivity index (χ2v) is 7.79. The Hall–Kier alpha value is -2.79. The smallest absolute Gasteiger partial charge is 0.257 e. The second kappa shape index (κ2) is 7.32. The molecule has 1 aliphatic heterocycles. The fourth-order valence-electron chi connectivity index (χ4n) is 4.31. The molecule has 5 rings (SSSR count). The Morgan fingerprint density at radius 2 is 1.82 bits per heavy atom. The van der Waals surface area contributed by atoms with E-state index in [1.807, 2.05) is 18.2 Å². The molecule has 0 atom stereocenters. The zero-order chi connectivity index (χ0) is 18.9. The molecule has 142 valence electrons. The highest BCUT2D eigenvalue weighted by molar-refractivity contribution is 6.11. The van der Waals surface area contributed by atoms with Gasteiger partial charge in [0.25, 0.3) is 5.91 Å². The first-order valence-corrected chi connectivity index (χ1v) is 10.1. The van der Waals surface area contributed by atoms with Crippen LogP contribution < -0.4 is 5.32 Å². The summed E-state index contributed by atoms with van der Waals surface area (Å²) >= 11 is 0. The van der Waals surface area contributed by atoms with E-state index < -0.39 is 0 Å². The van der Waals surface area contributed by atoms with Gasteiger partial charge in [0.05, 0.1) is 11.1 Å². The number of fused-ring (bicyclic) bond motifs is 2. The van der Waals surface area contributed by atoms with Gasteiger partial charge in [0.2, 0.25) is 0 Å². The Balaban J connectivity index is 1.35. The van der Waals surface area contributed by atoms with E-state index in [1.54, 1.807) is 18.5 Å². The molecule has 0 spiro atoms. The predicted octanol–water partition coefficient (Wildman–Crippen LogP) is 3.84. The van der Waals surface area contributed by atoms with Crippen molar-refractivity contribution in [3.8, 4) is 0 Å². The van der Waals surface area contributed by atoms with Gasteiger partial charge in [0.15, 0.2) is 0 Å². The van der Waals surface area contributed by atoms with Crippen molar-refractivity contribution in [3.63, 3.8) is 0 Å². The summed E-state index contributed by atoms with van der Waals surface area (Å²) in [5.41, 5.74) is 5.54. The minimum atomic E-state index is -0.143. The van der Waals surface area contributed by atoms with E-state index in [-0.39, 0.29) is 5.91 Å². The van der Waals surface area contributed by atoms with Gasteiger partial charge in [-0.2, -0.15) is 0 Å². The van der Waals surface area contributed by atoms with Gasteiger partial charge in [0.1, 0.15) is 5.52 Å². The van der Waals surface area contributed by atoms with Crippen LogP contribution >= 0.6 is 0 Å². The highest BCUT2D eigenvalue weighted by Crippen LogP contribution is 2.28. The van der Waals surface area contributed by atoms with Gasteiger partial charge in [-0.1, -0.05) is 18.6 Å². The number of rotatable bonds is 3. The number of nitrogens with one attached hydrogen (secondary N) is 1. The summed E-state index contributed by atoms with van der Waals surface area (Å²) in [6, 6.07) is 12.7. The maximum Gasteiger partial charge on any atom is 0.257 e. The van der Waals surface area contributed by atoms with Crippen molar-refractivity contribution in [3.05, 3.63) is 65.5 Å². The molecule has 0 bridgehead atoms. The van der Waals surface area contributed by atoms with Crippen LogP contribution in [0.2, 0.25) is 0 Å². The normalized spacial score (nSPS) is 17.6. The molecule has 2 aliphatic rings. The molecule has 3 aromatic rings. The Bertz CT molecular complexity index is 1020. The van der Waals surface area contributed by atoms with Gasteiger partial charge >= 0.3 is 0 Å². The van der Waals surface area contributed by atoms with E-state index in [1.165, 1.54) is 30.4 Å². The van der Waals surface area contributed by atoms with Gasteiger partial charge in [-0.15, -0.1) is 0 Å². The summed E-state index contributed by atoms with van der Waals surface area (Å²) in [4.78, 5) is 24.1. The van der Waals surface area contributed by atoms with E-state index in [0.717, 1.165) is 43.2 Å². The van der Waals surface area contributed by atoms with Crippen molar-refractivity contribution in [1.82, 2.24) is 14.9 Å². The van der Waals surface area contributed by atoms with Crippen LogP contribution in [0.1, 0.15) is 40.7 Å². The molecule has 2 aromatic carbocycles. The van der Waals surface area contributed by atoms with Crippen LogP contribution in [0, 0.1) is 0 Å². The van der Waals surface area contributed by atoms with Gasteiger partial charge in [-0.05, 0) is 61.1 Å². The molecule has 1 fully saturated rings. The highest BCUT2D eigenvalue weighted by atomic mass is 16.1. The van der Waals surface area contributed by atoms with Gasteiger partial charge in [-0.3, -0.25) is 19.7 Å². The summed E-state index contributed by atoms with van der Waals surface area (Å²) in [5, 5.41) is 3.06. The third kappa shape index (κ3) is 3.27. The number of carbonyl (C=O) groups excluding carboxylic acids is 1. The maximum absolute atomic E-state index is 12.9. The lowest BCUT2D eigenvalue weighted by atomic mass is 9.91. The molecule has 1 aromatic heterocycles. The molecular formula is C23H24N4O. The Labute approximate surface area is 164 Å². The third-order valence-corrected chi connectivity index (χ3v) is 6.14. The first kappa shape index (κ1) is 17.3. The largest absolute Gasteiger partial charge is 0.322 e. The molecular weight excluding hydrogens is 348 g/mol. The molecule has 5 nitrogen and oxygen atoms in total. The van der Waals surface area contributed by atoms with Crippen molar-refractivity contribution < 1.29 is 4.79 Å². The standard InChI is InChI=1S/C23H24N4O/c28-23(20-5-2-6-21-22(20)25-12-11-24-21)26-18-8-7-16-9-13-27(19-3-1-4-19)14-10-17(16)15-18/h2,5-8,11-12,15,19H,1,3-4,9-10,13-14H2,(H,26,28). The summed E-state index contributed by atoms with van der Waals surface area (Å²) in [6.07, 6.45) is 9.49. The Kier molecular flexibility index (Phi) is 4.53. The summed E-state index contributed by atoms with van der Waals surface area (Å²) in [6.45, 7) is 2.27. The highest BCUT2D eigenvalue weighted by Gasteiger charge is 2.26. The van der Waals surface area contributed by atoms with Crippen LogP contribution in [0.4, 0.5) is 5.69 Å². The zero-order valence-corrected chi connectivity index (χ0v) is 15.9. The van der Waals surface area contributed by atoms with Gasteiger partial charge < -0.3 is 5.32 Å². The van der Waals surface area contributed by atoms with Crippen molar-refractivity contribution in [2.45, 2.75) is 38.1 Å². The van der Waals surface area contributed by atoms with E-state index in [2.05, 4.69) is 32.3 Å². The van der Waals surface area contributed by atoms with Crippen LogP contribution in [0.15, 0.2) is 48.8 Å². The van der Waals surface area contributed by atoms with Gasteiger partial charge in [0, 0.05) is 37.2 Å². The molecule has 1 amide bonds. The van der Waals surface area contributed by atoms with Crippen LogP contribution in [0.25, 0.3) is 11.0 Å². The average molecular weight is 372 g/mol. The van der Waals surface area contributed by atoms with Crippen molar-refractivity contribution >= 4 is 22.6 Å². The number of amides is 1. The number of aromatic nitrogens is 2. The first-order valence-electron chi connectivity index (χ1n) is 10.1. The average Bonchev–Trinajstić information content (AvgIpc) is 2.89. The molecule has 1 aliphatic carbocycles.